The minimum absolute atomic E-state index is 0.431. The van der Waals surface area contributed by atoms with Gasteiger partial charge in [0.2, 0.25) is 0 Å². The van der Waals surface area contributed by atoms with E-state index in [1.807, 2.05) is 42.5 Å². The molecule has 3 heteroatoms. The van der Waals surface area contributed by atoms with Gasteiger partial charge in [-0.2, -0.15) is 0 Å². The predicted octanol–water partition coefficient (Wildman–Crippen LogP) is 3.22. The largest absolute Gasteiger partial charge is 0.497 e. The summed E-state index contributed by atoms with van der Waals surface area (Å²) in [6.45, 7) is 0.943. The Balaban J connectivity index is 1.90. The van der Waals surface area contributed by atoms with E-state index in [0.717, 1.165) is 23.2 Å². The number of hydrogen-bond acceptors (Lipinski definition) is 3. The second-order valence-electron chi connectivity index (χ2n) is 4.16. The molecular weight excluding hydrogens is 240 g/mol. The third kappa shape index (κ3) is 3.66. The van der Waals surface area contributed by atoms with Gasteiger partial charge in [-0.3, -0.25) is 4.79 Å². The van der Waals surface area contributed by atoms with Crippen LogP contribution in [0.5, 0.6) is 5.75 Å². The monoisotopic (exact) mass is 256 g/mol. The Bertz CT molecular complexity index is 532. The summed E-state index contributed by atoms with van der Waals surface area (Å²) in [6.07, 6.45) is 0.853. The maximum atomic E-state index is 10.9. The zero-order valence-electron chi connectivity index (χ0n) is 10.8. The molecule has 0 saturated heterocycles. The molecule has 2 aromatic carbocycles. The lowest BCUT2D eigenvalue weighted by Gasteiger charge is -2.07. The molecule has 0 aromatic heterocycles. The molecule has 3 nitrogen and oxygen atoms in total. The fourth-order valence-electron chi connectivity index (χ4n) is 1.78. The molecule has 0 amide bonds. The molecule has 2 rings (SSSR count). The molecule has 0 aliphatic rings. The van der Waals surface area contributed by atoms with Crippen molar-refractivity contribution in [2.45, 2.75) is 13.2 Å². The second-order valence-corrected chi connectivity index (χ2v) is 4.16. The number of carbonyl (C=O) groups is 1. The summed E-state index contributed by atoms with van der Waals surface area (Å²) in [7, 11) is 1.64. The molecule has 0 fully saturated rings. The van der Waals surface area contributed by atoms with E-state index in [1.54, 1.807) is 13.2 Å². The van der Waals surface area contributed by atoms with E-state index < -0.39 is 0 Å². The SMILES string of the molecule is COc1ccc(COCc2ccccc2C=O)cc1. The van der Waals surface area contributed by atoms with E-state index in [9.17, 15) is 4.79 Å². The standard InChI is InChI=1S/C16H16O3/c1-18-16-8-6-13(7-9-16)11-19-12-15-5-3-2-4-14(15)10-17/h2-10H,11-12H2,1H3. The average Bonchev–Trinajstić information content (AvgIpc) is 2.48. The Labute approximate surface area is 112 Å². The van der Waals surface area contributed by atoms with Gasteiger partial charge in [0.15, 0.2) is 0 Å². The van der Waals surface area contributed by atoms with Crippen LogP contribution < -0.4 is 4.74 Å². The maximum absolute atomic E-state index is 10.9. The van der Waals surface area contributed by atoms with Crippen molar-refractivity contribution >= 4 is 6.29 Å². The lowest BCUT2D eigenvalue weighted by atomic mass is 10.1. The number of methoxy groups -OCH3 is 1. The van der Waals surface area contributed by atoms with Gasteiger partial charge in [-0.15, -0.1) is 0 Å². The van der Waals surface area contributed by atoms with E-state index in [1.165, 1.54) is 0 Å². The van der Waals surface area contributed by atoms with Gasteiger partial charge in [0.1, 0.15) is 12.0 Å². The third-order valence-electron chi connectivity index (χ3n) is 2.87. The summed E-state index contributed by atoms with van der Waals surface area (Å²) in [6, 6.07) is 15.2. The number of rotatable bonds is 6. The van der Waals surface area contributed by atoms with Gasteiger partial charge in [0, 0.05) is 5.56 Å². The van der Waals surface area contributed by atoms with Crippen molar-refractivity contribution in [1.29, 1.82) is 0 Å². The molecule has 2 aromatic rings. The van der Waals surface area contributed by atoms with Crippen molar-refractivity contribution in [3.63, 3.8) is 0 Å². The van der Waals surface area contributed by atoms with E-state index in [-0.39, 0.29) is 0 Å². The molecule has 98 valence electrons. The molecule has 0 unspecified atom stereocenters. The van der Waals surface area contributed by atoms with Gasteiger partial charge in [0.25, 0.3) is 0 Å². The van der Waals surface area contributed by atoms with Crippen LogP contribution in [-0.4, -0.2) is 13.4 Å². The van der Waals surface area contributed by atoms with Crippen LogP contribution in [0.25, 0.3) is 0 Å². The summed E-state index contributed by atoms with van der Waals surface area (Å²) < 4.78 is 10.7. The lowest BCUT2D eigenvalue weighted by molar-refractivity contribution is 0.103. The highest BCUT2D eigenvalue weighted by molar-refractivity contribution is 5.76. The molecule has 0 atom stereocenters. The van der Waals surface area contributed by atoms with Crippen molar-refractivity contribution in [1.82, 2.24) is 0 Å². The summed E-state index contributed by atoms with van der Waals surface area (Å²) in [5, 5.41) is 0. The van der Waals surface area contributed by atoms with E-state index >= 15 is 0 Å². The molecule has 0 bridgehead atoms. The number of benzene rings is 2. The first kappa shape index (κ1) is 13.3. The van der Waals surface area contributed by atoms with E-state index in [4.69, 9.17) is 9.47 Å². The lowest BCUT2D eigenvalue weighted by Crippen LogP contribution is -1.97. The fourth-order valence-corrected chi connectivity index (χ4v) is 1.78. The minimum atomic E-state index is 0.431. The molecular formula is C16H16O3. The molecule has 0 saturated carbocycles. The zero-order chi connectivity index (χ0) is 13.5. The van der Waals surface area contributed by atoms with Crippen LogP contribution in [0.4, 0.5) is 0 Å². The summed E-state index contributed by atoms with van der Waals surface area (Å²) >= 11 is 0. The first-order valence-electron chi connectivity index (χ1n) is 6.07. The third-order valence-corrected chi connectivity index (χ3v) is 2.87. The highest BCUT2D eigenvalue weighted by Crippen LogP contribution is 2.13. The van der Waals surface area contributed by atoms with Gasteiger partial charge in [-0.05, 0) is 23.3 Å². The van der Waals surface area contributed by atoms with Gasteiger partial charge < -0.3 is 9.47 Å². The minimum Gasteiger partial charge on any atom is -0.497 e. The van der Waals surface area contributed by atoms with Crippen LogP contribution in [0, 0.1) is 0 Å². The smallest absolute Gasteiger partial charge is 0.150 e. The number of carbonyl (C=O) groups excluding carboxylic acids is 1. The fraction of sp³-hybridized carbons (Fsp3) is 0.188. The van der Waals surface area contributed by atoms with E-state index in [2.05, 4.69) is 0 Å². The Hall–Kier alpha value is -2.13. The number of ether oxygens (including phenoxy) is 2. The molecule has 0 heterocycles. The van der Waals surface area contributed by atoms with Crippen LogP contribution in [0.15, 0.2) is 48.5 Å². The van der Waals surface area contributed by atoms with Gasteiger partial charge in [-0.1, -0.05) is 36.4 Å². The number of aldehydes is 1. The van der Waals surface area contributed by atoms with Crippen LogP contribution in [-0.2, 0) is 18.0 Å². The summed E-state index contributed by atoms with van der Waals surface area (Å²) in [4.78, 5) is 10.9. The topological polar surface area (TPSA) is 35.5 Å². The Morgan fingerprint density at radius 2 is 1.74 bits per heavy atom. The zero-order valence-corrected chi connectivity index (χ0v) is 10.8. The van der Waals surface area contributed by atoms with E-state index in [0.29, 0.717) is 18.8 Å². The maximum Gasteiger partial charge on any atom is 0.150 e. The Morgan fingerprint density at radius 1 is 1.00 bits per heavy atom. The molecule has 0 aliphatic heterocycles. The number of hydrogen-bond donors (Lipinski definition) is 0. The summed E-state index contributed by atoms with van der Waals surface area (Å²) in [5.74, 6) is 0.829. The van der Waals surface area contributed by atoms with Crippen molar-refractivity contribution < 1.29 is 14.3 Å². The highest BCUT2D eigenvalue weighted by atomic mass is 16.5. The van der Waals surface area contributed by atoms with Crippen molar-refractivity contribution in [2.75, 3.05) is 7.11 Å². The van der Waals surface area contributed by atoms with Crippen molar-refractivity contribution in [2.24, 2.45) is 0 Å². The second kappa shape index (κ2) is 6.71. The van der Waals surface area contributed by atoms with Crippen molar-refractivity contribution in [3.05, 3.63) is 65.2 Å². The first-order chi connectivity index (χ1) is 9.33. The first-order valence-corrected chi connectivity index (χ1v) is 6.07. The Kier molecular flexibility index (Phi) is 4.70. The van der Waals surface area contributed by atoms with Crippen LogP contribution in [0.2, 0.25) is 0 Å². The molecule has 0 N–H and O–H groups in total. The highest BCUT2D eigenvalue weighted by Gasteiger charge is 2.01. The molecule has 0 radical (unpaired) electrons. The normalized spacial score (nSPS) is 10.2. The predicted molar refractivity (Wildman–Crippen MR) is 73.3 cm³/mol. The Morgan fingerprint density at radius 3 is 2.42 bits per heavy atom. The molecule has 0 spiro atoms. The quantitative estimate of drug-likeness (QED) is 0.744. The summed E-state index contributed by atoms with van der Waals surface area (Å²) in [5.41, 5.74) is 2.66. The van der Waals surface area contributed by atoms with Crippen LogP contribution in [0.3, 0.4) is 0 Å². The van der Waals surface area contributed by atoms with Crippen molar-refractivity contribution in [3.8, 4) is 5.75 Å². The van der Waals surface area contributed by atoms with Crippen LogP contribution >= 0.6 is 0 Å². The molecule has 19 heavy (non-hydrogen) atoms. The van der Waals surface area contributed by atoms with Gasteiger partial charge in [-0.25, -0.2) is 0 Å². The van der Waals surface area contributed by atoms with Gasteiger partial charge in [0.05, 0.1) is 20.3 Å². The van der Waals surface area contributed by atoms with Crippen LogP contribution in [0.1, 0.15) is 21.5 Å². The molecule has 0 aliphatic carbocycles. The average molecular weight is 256 g/mol. The van der Waals surface area contributed by atoms with Gasteiger partial charge >= 0.3 is 0 Å².